The minimum atomic E-state index is -1.10. The number of ether oxygens (including phenoxy) is 4. The summed E-state index contributed by atoms with van der Waals surface area (Å²) in [6.45, 7) is 13.0. The third-order valence-electron chi connectivity index (χ3n) is 2.69. The molecule has 0 aliphatic heterocycles. The van der Waals surface area contributed by atoms with Crippen molar-refractivity contribution >= 4 is 23.9 Å². The lowest BCUT2D eigenvalue weighted by molar-refractivity contribution is -0.184. The van der Waals surface area contributed by atoms with Crippen LogP contribution in [0.3, 0.4) is 0 Å². The number of carbonyl (C=O) groups is 4. The fraction of sp³-hybridized carbons (Fsp3) is 0.444. The first-order valence-corrected chi connectivity index (χ1v) is 7.92. The molecule has 0 heterocycles. The van der Waals surface area contributed by atoms with E-state index >= 15 is 0 Å². The van der Waals surface area contributed by atoms with Crippen LogP contribution in [-0.4, -0.2) is 36.5 Å². The van der Waals surface area contributed by atoms with E-state index in [4.69, 9.17) is 18.9 Å². The smallest absolute Gasteiger partial charge is 0.336 e. The van der Waals surface area contributed by atoms with Gasteiger partial charge in [-0.15, -0.1) is 0 Å². The molecule has 0 aromatic rings. The van der Waals surface area contributed by atoms with E-state index in [2.05, 4.69) is 13.2 Å². The molecule has 8 nitrogen and oxygen atoms in total. The minimum absolute atomic E-state index is 0.161. The molecular weight excluding hydrogens is 344 g/mol. The minimum Gasteiger partial charge on any atom is -0.422 e. The average Bonchev–Trinajstić information content (AvgIpc) is 2.58. The van der Waals surface area contributed by atoms with Gasteiger partial charge in [0.2, 0.25) is 12.6 Å². The summed E-state index contributed by atoms with van der Waals surface area (Å²) in [7, 11) is 0. The first-order chi connectivity index (χ1) is 12.1. The molecule has 0 aliphatic rings. The van der Waals surface area contributed by atoms with E-state index in [0.717, 1.165) is 12.2 Å². The molecule has 0 saturated heterocycles. The molecule has 2 unspecified atom stereocenters. The van der Waals surface area contributed by atoms with Crippen LogP contribution < -0.4 is 0 Å². The van der Waals surface area contributed by atoms with E-state index in [1.54, 1.807) is 13.8 Å². The van der Waals surface area contributed by atoms with Crippen LogP contribution in [-0.2, 0) is 38.1 Å². The number of carbonyl (C=O) groups excluding carboxylic acids is 4. The lowest BCUT2D eigenvalue weighted by Crippen LogP contribution is -2.24. The second-order valence-corrected chi connectivity index (χ2v) is 5.25. The zero-order chi connectivity index (χ0) is 20.3. The SMILES string of the molecule is C=C(C)C(=O)OC(CC)OC(=O)/C=C/C(=O)OC(CC)OC(=O)C(=C)C. The summed E-state index contributed by atoms with van der Waals surface area (Å²) in [5.74, 6) is -3.21. The van der Waals surface area contributed by atoms with Gasteiger partial charge >= 0.3 is 23.9 Å². The third kappa shape index (κ3) is 9.41. The first-order valence-electron chi connectivity index (χ1n) is 7.92. The Morgan fingerprint density at radius 2 is 1.04 bits per heavy atom. The second-order valence-electron chi connectivity index (χ2n) is 5.25. The van der Waals surface area contributed by atoms with Gasteiger partial charge in [0.1, 0.15) is 0 Å². The summed E-state index contributed by atoms with van der Waals surface area (Å²) in [5, 5.41) is 0. The Morgan fingerprint density at radius 1 is 0.731 bits per heavy atom. The molecule has 0 radical (unpaired) electrons. The molecule has 26 heavy (non-hydrogen) atoms. The molecule has 0 aromatic heterocycles. The van der Waals surface area contributed by atoms with E-state index in [0.29, 0.717) is 0 Å². The Balaban J connectivity index is 4.58. The number of rotatable bonds is 10. The van der Waals surface area contributed by atoms with Gasteiger partial charge in [0.15, 0.2) is 0 Å². The van der Waals surface area contributed by atoms with Crippen LogP contribution in [0.2, 0.25) is 0 Å². The van der Waals surface area contributed by atoms with Gasteiger partial charge in [0.05, 0.1) is 0 Å². The molecule has 0 rings (SSSR count). The van der Waals surface area contributed by atoms with Crippen molar-refractivity contribution in [3.8, 4) is 0 Å². The fourth-order valence-corrected chi connectivity index (χ4v) is 1.30. The van der Waals surface area contributed by atoms with Crippen LogP contribution >= 0.6 is 0 Å². The summed E-state index contributed by atoms with van der Waals surface area (Å²) < 4.78 is 19.5. The molecule has 0 spiro atoms. The number of hydrogen-bond acceptors (Lipinski definition) is 8. The van der Waals surface area contributed by atoms with E-state index in [9.17, 15) is 19.2 Å². The molecule has 0 aliphatic carbocycles. The normalized spacial score (nSPS) is 12.6. The molecule has 0 amide bonds. The van der Waals surface area contributed by atoms with Crippen molar-refractivity contribution in [1.29, 1.82) is 0 Å². The molecule has 144 valence electrons. The number of esters is 4. The monoisotopic (exact) mass is 368 g/mol. The first kappa shape index (κ1) is 23.1. The largest absolute Gasteiger partial charge is 0.422 e. The molecule has 2 atom stereocenters. The molecule has 0 bridgehead atoms. The fourth-order valence-electron chi connectivity index (χ4n) is 1.30. The molecule has 0 aromatic carbocycles. The highest BCUT2D eigenvalue weighted by atomic mass is 16.7. The van der Waals surface area contributed by atoms with Crippen LogP contribution in [0.4, 0.5) is 0 Å². The average molecular weight is 368 g/mol. The summed E-state index contributed by atoms with van der Waals surface area (Å²) in [6, 6.07) is 0. The predicted molar refractivity (Wildman–Crippen MR) is 91.3 cm³/mol. The maximum absolute atomic E-state index is 11.7. The molecule has 0 N–H and O–H groups in total. The van der Waals surface area contributed by atoms with Crippen molar-refractivity contribution in [2.75, 3.05) is 0 Å². The lowest BCUT2D eigenvalue weighted by atomic mass is 10.3. The molecular formula is C18H24O8. The van der Waals surface area contributed by atoms with Crippen LogP contribution in [0.1, 0.15) is 40.5 Å². The number of hydrogen-bond donors (Lipinski definition) is 0. The van der Waals surface area contributed by atoms with Gasteiger partial charge in [-0.3, -0.25) is 0 Å². The van der Waals surface area contributed by atoms with Gasteiger partial charge in [-0.05, 0) is 13.8 Å². The van der Waals surface area contributed by atoms with Gasteiger partial charge in [-0.2, -0.15) is 0 Å². The van der Waals surface area contributed by atoms with Gasteiger partial charge in [-0.1, -0.05) is 27.0 Å². The van der Waals surface area contributed by atoms with Crippen molar-refractivity contribution < 1.29 is 38.1 Å². The highest BCUT2D eigenvalue weighted by Gasteiger charge is 2.18. The molecule has 8 heteroatoms. The Kier molecular flexibility index (Phi) is 10.3. The van der Waals surface area contributed by atoms with Crippen molar-refractivity contribution in [3.05, 3.63) is 36.5 Å². The Morgan fingerprint density at radius 3 is 1.27 bits per heavy atom. The Bertz CT molecular complexity index is 550. The predicted octanol–water partition coefficient (Wildman–Crippen LogP) is 2.34. The van der Waals surface area contributed by atoms with Gasteiger partial charge in [0, 0.05) is 36.1 Å². The zero-order valence-electron chi connectivity index (χ0n) is 15.4. The van der Waals surface area contributed by atoms with E-state index in [1.165, 1.54) is 13.8 Å². The highest BCUT2D eigenvalue weighted by molar-refractivity contribution is 5.92. The van der Waals surface area contributed by atoms with Crippen LogP contribution in [0.25, 0.3) is 0 Å². The van der Waals surface area contributed by atoms with Crippen LogP contribution in [0.5, 0.6) is 0 Å². The second kappa shape index (κ2) is 11.6. The van der Waals surface area contributed by atoms with Crippen molar-refractivity contribution in [3.63, 3.8) is 0 Å². The standard InChI is InChI=1S/C18H24O8/c1-7-15(25-17(21)11(3)4)23-13(19)9-10-14(20)24-16(8-2)26-18(22)12(5)6/h9-10,15-16H,3,5,7-8H2,1-2,4,6H3/b10-9+. The van der Waals surface area contributed by atoms with Crippen LogP contribution in [0.15, 0.2) is 36.5 Å². The maximum atomic E-state index is 11.7. The molecule has 0 saturated carbocycles. The summed E-state index contributed by atoms with van der Waals surface area (Å²) in [5.41, 5.74) is 0.321. The van der Waals surface area contributed by atoms with E-state index in [1.807, 2.05) is 0 Å². The van der Waals surface area contributed by atoms with E-state index < -0.39 is 36.5 Å². The van der Waals surface area contributed by atoms with Gasteiger partial charge < -0.3 is 18.9 Å². The zero-order valence-corrected chi connectivity index (χ0v) is 15.4. The van der Waals surface area contributed by atoms with E-state index in [-0.39, 0.29) is 24.0 Å². The maximum Gasteiger partial charge on any atom is 0.336 e. The summed E-state index contributed by atoms with van der Waals surface area (Å²) >= 11 is 0. The van der Waals surface area contributed by atoms with Crippen molar-refractivity contribution in [1.82, 2.24) is 0 Å². The van der Waals surface area contributed by atoms with Gasteiger partial charge in [-0.25, -0.2) is 19.2 Å². The third-order valence-corrected chi connectivity index (χ3v) is 2.69. The summed E-state index contributed by atoms with van der Waals surface area (Å²) in [6.07, 6.45) is -0.144. The summed E-state index contributed by atoms with van der Waals surface area (Å²) in [4.78, 5) is 46.1. The Hall–Kier alpha value is -2.90. The molecule has 0 fully saturated rings. The van der Waals surface area contributed by atoms with Crippen molar-refractivity contribution in [2.45, 2.75) is 53.1 Å². The highest BCUT2D eigenvalue weighted by Crippen LogP contribution is 2.07. The quantitative estimate of drug-likeness (QED) is 0.329. The Labute approximate surface area is 152 Å². The lowest BCUT2D eigenvalue weighted by Gasteiger charge is -2.16. The van der Waals surface area contributed by atoms with Crippen molar-refractivity contribution in [2.24, 2.45) is 0 Å². The van der Waals surface area contributed by atoms with Crippen LogP contribution in [0, 0.1) is 0 Å². The van der Waals surface area contributed by atoms with Gasteiger partial charge in [0.25, 0.3) is 0 Å². The topological polar surface area (TPSA) is 105 Å².